The molecule has 0 amide bonds. The molecule has 0 bridgehead atoms. The van der Waals surface area contributed by atoms with Crippen molar-refractivity contribution < 1.29 is 14.3 Å². The number of ether oxygens (including phenoxy) is 1. The van der Waals surface area contributed by atoms with Gasteiger partial charge in [0.25, 0.3) is 0 Å². The number of hydrogen-bond acceptors (Lipinski definition) is 3. The molecule has 0 aromatic heterocycles. The van der Waals surface area contributed by atoms with Gasteiger partial charge in [-0.25, -0.2) is 4.79 Å². The van der Waals surface area contributed by atoms with Crippen molar-refractivity contribution in [3.63, 3.8) is 0 Å². The van der Waals surface area contributed by atoms with Crippen LogP contribution in [0.15, 0.2) is 60.7 Å². The Kier molecular flexibility index (Phi) is 4.69. The third-order valence-corrected chi connectivity index (χ3v) is 2.90. The Bertz CT molecular complexity index is 648. The van der Waals surface area contributed by atoms with E-state index in [1.165, 1.54) is 6.08 Å². The number of benzene rings is 2. The number of para-hydroxylation sites is 1. The lowest BCUT2D eigenvalue weighted by molar-refractivity contribution is -0.104. The van der Waals surface area contributed by atoms with Crippen molar-refractivity contribution in [2.24, 2.45) is 0 Å². The molecule has 0 atom stereocenters. The van der Waals surface area contributed by atoms with Gasteiger partial charge in [-0.05, 0) is 30.3 Å². The standard InChI is InChI=1S/C16H11ClO3/c17-14(10-11-18)13-8-4-5-9-15(13)20-16(19)12-6-2-1-3-7-12/h1-11H/b14-10+. The second kappa shape index (κ2) is 6.68. The van der Waals surface area contributed by atoms with E-state index in [9.17, 15) is 9.59 Å². The molecule has 0 heterocycles. The average Bonchev–Trinajstić information content (AvgIpc) is 2.49. The predicted molar refractivity (Wildman–Crippen MR) is 77.7 cm³/mol. The Morgan fingerprint density at radius 2 is 1.65 bits per heavy atom. The number of aldehydes is 1. The maximum absolute atomic E-state index is 12.0. The third-order valence-electron chi connectivity index (χ3n) is 2.57. The van der Waals surface area contributed by atoms with E-state index in [0.29, 0.717) is 23.2 Å². The number of allylic oxidation sites excluding steroid dienone is 1. The number of halogens is 1. The fourth-order valence-electron chi connectivity index (χ4n) is 1.64. The molecule has 100 valence electrons. The van der Waals surface area contributed by atoms with Gasteiger partial charge in [-0.15, -0.1) is 0 Å². The molecule has 0 aliphatic carbocycles. The topological polar surface area (TPSA) is 43.4 Å². The highest BCUT2D eigenvalue weighted by Crippen LogP contribution is 2.28. The first-order chi connectivity index (χ1) is 9.72. The summed E-state index contributed by atoms with van der Waals surface area (Å²) in [6, 6.07) is 15.4. The molecule has 0 radical (unpaired) electrons. The van der Waals surface area contributed by atoms with Crippen LogP contribution in [0.4, 0.5) is 0 Å². The maximum atomic E-state index is 12.0. The zero-order valence-electron chi connectivity index (χ0n) is 10.5. The summed E-state index contributed by atoms with van der Waals surface area (Å²) in [7, 11) is 0. The van der Waals surface area contributed by atoms with Crippen molar-refractivity contribution in [2.45, 2.75) is 0 Å². The van der Waals surface area contributed by atoms with Gasteiger partial charge in [-0.2, -0.15) is 0 Å². The highest BCUT2D eigenvalue weighted by atomic mass is 35.5. The summed E-state index contributed by atoms with van der Waals surface area (Å²) in [5, 5.41) is 0.219. The quantitative estimate of drug-likeness (QED) is 0.373. The van der Waals surface area contributed by atoms with E-state index < -0.39 is 5.97 Å². The molecular weight excluding hydrogens is 276 g/mol. The SMILES string of the molecule is O=C/C=C(/Cl)c1ccccc1OC(=O)c1ccccc1. The van der Waals surface area contributed by atoms with E-state index in [2.05, 4.69) is 0 Å². The zero-order valence-corrected chi connectivity index (χ0v) is 11.2. The van der Waals surface area contributed by atoms with Gasteiger partial charge >= 0.3 is 5.97 Å². The van der Waals surface area contributed by atoms with E-state index >= 15 is 0 Å². The molecule has 2 aromatic rings. The lowest BCUT2D eigenvalue weighted by Gasteiger charge is -2.09. The van der Waals surface area contributed by atoms with Gasteiger partial charge in [-0.3, -0.25) is 4.79 Å². The van der Waals surface area contributed by atoms with E-state index in [1.54, 1.807) is 48.5 Å². The molecule has 2 rings (SSSR count). The molecule has 4 heteroatoms. The summed E-state index contributed by atoms with van der Waals surface area (Å²) >= 11 is 5.98. The third kappa shape index (κ3) is 3.33. The Balaban J connectivity index is 2.28. The molecule has 20 heavy (non-hydrogen) atoms. The van der Waals surface area contributed by atoms with Gasteiger partial charge in [0.15, 0.2) is 0 Å². The summed E-state index contributed by atoms with van der Waals surface area (Å²) in [5.74, 6) is -0.168. The Morgan fingerprint density at radius 3 is 2.35 bits per heavy atom. The van der Waals surface area contributed by atoms with Crippen LogP contribution in [-0.2, 0) is 4.79 Å². The number of esters is 1. The second-order valence-electron chi connectivity index (χ2n) is 3.90. The molecule has 0 fully saturated rings. The van der Waals surface area contributed by atoms with Crippen molar-refractivity contribution in [1.29, 1.82) is 0 Å². The van der Waals surface area contributed by atoms with Crippen LogP contribution in [0, 0.1) is 0 Å². The second-order valence-corrected chi connectivity index (χ2v) is 4.31. The van der Waals surface area contributed by atoms with Crippen LogP contribution < -0.4 is 4.74 Å². The highest BCUT2D eigenvalue weighted by molar-refractivity contribution is 6.50. The van der Waals surface area contributed by atoms with E-state index in [0.717, 1.165) is 0 Å². The first-order valence-electron chi connectivity index (χ1n) is 5.90. The lowest BCUT2D eigenvalue weighted by atomic mass is 10.2. The summed E-state index contributed by atoms with van der Waals surface area (Å²) in [6.45, 7) is 0. The van der Waals surface area contributed by atoms with E-state index in [-0.39, 0.29) is 5.03 Å². The first-order valence-corrected chi connectivity index (χ1v) is 6.28. The van der Waals surface area contributed by atoms with Crippen molar-refractivity contribution in [2.75, 3.05) is 0 Å². The van der Waals surface area contributed by atoms with Crippen molar-refractivity contribution in [3.8, 4) is 5.75 Å². The van der Waals surface area contributed by atoms with Gasteiger partial charge in [0.05, 0.1) is 10.6 Å². The van der Waals surface area contributed by atoms with Crippen LogP contribution in [-0.4, -0.2) is 12.3 Å². The van der Waals surface area contributed by atoms with Crippen LogP contribution >= 0.6 is 11.6 Å². The molecule has 0 aliphatic heterocycles. The van der Waals surface area contributed by atoms with Crippen LogP contribution in [0.3, 0.4) is 0 Å². The van der Waals surface area contributed by atoms with Gasteiger partial charge in [0, 0.05) is 5.56 Å². The van der Waals surface area contributed by atoms with Gasteiger partial charge in [0.1, 0.15) is 12.0 Å². The first kappa shape index (κ1) is 14.0. The fourth-order valence-corrected chi connectivity index (χ4v) is 1.84. The summed E-state index contributed by atoms with van der Waals surface area (Å²) in [6.07, 6.45) is 1.79. The highest BCUT2D eigenvalue weighted by Gasteiger charge is 2.12. The fraction of sp³-hybridized carbons (Fsp3) is 0. The van der Waals surface area contributed by atoms with Gasteiger partial charge < -0.3 is 4.74 Å². The molecule has 3 nitrogen and oxygen atoms in total. The monoisotopic (exact) mass is 286 g/mol. The number of carbonyl (C=O) groups is 2. The molecule has 0 spiro atoms. The van der Waals surface area contributed by atoms with Crippen LogP contribution in [0.5, 0.6) is 5.75 Å². The molecule has 2 aromatic carbocycles. The van der Waals surface area contributed by atoms with Gasteiger partial charge in [-0.1, -0.05) is 41.9 Å². The maximum Gasteiger partial charge on any atom is 0.343 e. The molecule has 0 N–H and O–H groups in total. The molecule has 0 saturated heterocycles. The number of hydrogen-bond donors (Lipinski definition) is 0. The molecule has 0 aliphatic rings. The minimum Gasteiger partial charge on any atom is -0.422 e. The average molecular weight is 287 g/mol. The van der Waals surface area contributed by atoms with Crippen molar-refractivity contribution in [1.82, 2.24) is 0 Å². The Morgan fingerprint density at radius 1 is 1.00 bits per heavy atom. The summed E-state index contributed by atoms with van der Waals surface area (Å²) < 4.78 is 5.32. The van der Waals surface area contributed by atoms with E-state index in [4.69, 9.17) is 16.3 Å². The Hall–Kier alpha value is -2.39. The lowest BCUT2D eigenvalue weighted by Crippen LogP contribution is -2.09. The van der Waals surface area contributed by atoms with Crippen LogP contribution in [0.25, 0.3) is 5.03 Å². The van der Waals surface area contributed by atoms with E-state index in [1.807, 2.05) is 6.07 Å². The minimum atomic E-state index is -0.478. The van der Waals surface area contributed by atoms with Crippen LogP contribution in [0.2, 0.25) is 0 Å². The largest absolute Gasteiger partial charge is 0.422 e. The van der Waals surface area contributed by atoms with Gasteiger partial charge in [0.2, 0.25) is 0 Å². The van der Waals surface area contributed by atoms with Crippen molar-refractivity contribution >= 4 is 28.9 Å². The number of carbonyl (C=O) groups excluding carboxylic acids is 2. The smallest absolute Gasteiger partial charge is 0.343 e. The zero-order chi connectivity index (χ0) is 14.4. The molecular formula is C16H11ClO3. The normalized spacial score (nSPS) is 10.9. The summed E-state index contributed by atoms with van der Waals surface area (Å²) in [4.78, 5) is 22.5. The minimum absolute atomic E-state index is 0.219. The molecule has 0 saturated carbocycles. The number of rotatable bonds is 4. The predicted octanol–water partition coefficient (Wildman–Crippen LogP) is 3.68. The molecule has 0 unspecified atom stereocenters. The Labute approximate surface area is 121 Å². The van der Waals surface area contributed by atoms with Crippen molar-refractivity contribution in [3.05, 3.63) is 71.8 Å². The van der Waals surface area contributed by atoms with Crippen LogP contribution in [0.1, 0.15) is 15.9 Å². The summed E-state index contributed by atoms with van der Waals surface area (Å²) in [5.41, 5.74) is 0.934.